The van der Waals surface area contributed by atoms with Crippen LogP contribution in [0.1, 0.15) is 18.4 Å². The molecule has 1 aliphatic heterocycles. The second-order valence-electron chi connectivity index (χ2n) is 8.39. The molecule has 1 saturated heterocycles. The van der Waals surface area contributed by atoms with Crippen LogP contribution in [-0.4, -0.2) is 56.9 Å². The maximum atomic E-state index is 12.3. The molecule has 3 aromatic carbocycles. The number of benzene rings is 3. The number of rotatable bonds is 10. The van der Waals surface area contributed by atoms with Crippen molar-refractivity contribution >= 4 is 16.7 Å². The maximum absolute atomic E-state index is 12.3. The van der Waals surface area contributed by atoms with Crippen molar-refractivity contribution in [3.05, 3.63) is 72.3 Å². The van der Waals surface area contributed by atoms with Crippen LogP contribution in [0.4, 0.5) is 0 Å². The number of amides is 1. The number of fused-ring (bicyclic) bond motifs is 1. The number of hydrogen-bond acceptors (Lipinski definition) is 5. The summed E-state index contributed by atoms with van der Waals surface area (Å²) in [5.74, 6) is 1.34. The van der Waals surface area contributed by atoms with Gasteiger partial charge in [-0.2, -0.15) is 0 Å². The largest absolute Gasteiger partial charge is 0.492 e. The topological polar surface area (TPSA) is 60.0 Å². The zero-order valence-corrected chi connectivity index (χ0v) is 19.2. The van der Waals surface area contributed by atoms with Crippen LogP contribution in [0.3, 0.4) is 0 Å². The number of nitrogens with zero attached hydrogens (tertiary/aromatic N) is 1. The Bertz CT molecular complexity index is 1050. The lowest BCUT2D eigenvalue weighted by molar-refractivity contribution is -0.123. The van der Waals surface area contributed by atoms with Crippen molar-refractivity contribution in [3.63, 3.8) is 0 Å². The summed E-state index contributed by atoms with van der Waals surface area (Å²) >= 11 is 0. The number of likely N-dealkylation sites (N-methyl/N-ethyl adjacent to an activating group) is 1. The lowest BCUT2D eigenvalue weighted by Crippen LogP contribution is -2.38. The Balaban J connectivity index is 1.19. The van der Waals surface area contributed by atoms with Crippen LogP contribution in [0.15, 0.2) is 66.7 Å². The summed E-state index contributed by atoms with van der Waals surface area (Å²) in [6, 6.07) is 22.3. The SMILES string of the molecule is CN(CCOc1cccc(CNC(=O)COc2ccc3ccccc3c2)c1)C1CCOCC1. The first kappa shape index (κ1) is 23.1. The molecule has 1 N–H and O–H groups in total. The normalized spacial score (nSPS) is 14.4. The third-order valence-corrected chi connectivity index (χ3v) is 6.01. The lowest BCUT2D eigenvalue weighted by atomic mass is 10.1. The lowest BCUT2D eigenvalue weighted by Gasteiger charge is -2.31. The summed E-state index contributed by atoms with van der Waals surface area (Å²) in [5.41, 5.74) is 0.990. The van der Waals surface area contributed by atoms with Gasteiger partial charge in [-0.3, -0.25) is 9.69 Å². The van der Waals surface area contributed by atoms with E-state index in [-0.39, 0.29) is 12.5 Å². The molecule has 0 aliphatic carbocycles. The zero-order chi connectivity index (χ0) is 22.9. The molecular formula is C27H32N2O4. The summed E-state index contributed by atoms with van der Waals surface area (Å²) in [6.07, 6.45) is 2.16. The monoisotopic (exact) mass is 448 g/mol. The van der Waals surface area contributed by atoms with Crippen LogP contribution >= 0.6 is 0 Å². The van der Waals surface area contributed by atoms with Crippen LogP contribution in [0.2, 0.25) is 0 Å². The van der Waals surface area contributed by atoms with Gasteiger partial charge in [0.2, 0.25) is 0 Å². The van der Waals surface area contributed by atoms with Gasteiger partial charge in [0.15, 0.2) is 6.61 Å². The Kier molecular flexibility index (Phi) is 8.17. The third-order valence-electron chi connectivity index (χ3n) is 6.01. The molecule has 3 aromatic rings. The van der Waals surface area contributed by atoms with E-state index in [0.29, 0.717) is 24.9 Å². The Labute approximate surface area is 195 Å². The highest BCUT2D eigenvalue weighted by atomic mass is 16.5. The number of nitrogens with one attached hydrogen (secondary N) is 1. The molecule has 6 heteroatoms. The van der Waals surface area contributed by atoms with Crippen molar-refractivity contribution in [3.8, 4) is 11.5 Å². The minimum absolute atomic E-state index is 0.0208. The molecular weight excluding hydrogens is 416 g/mol. The Morgan fingerprint density at radius 3 is 2.61 bits per heavy atom. The zero-order valence-electron chi connectivity index (χ0n) is 19.2. The molecule has 0 bridgehead atoms. The fraction of sp³-hybridized carbons (Fsp3) is 0.370. The smallest absolute Gasteiger partial charge is 0.258 e. The highest BCUT2D eigenvalue weighted by molar-refractivity contribution is 5.84. The van der Waals surface area contributed by atoms with Gasteiger partial charge in [-0.1, -0.05) is 42.5 Å². The minimum Gasteiger partial charge on any atom is -0.492 e. The molecule has 0 aromatic heterocycles. The third kappa shape index (κ3) is 6.94. The fourth-order valence-corrected chi connectivity index (χ4v) is 4.02. The van der Waals surface area contributed by atoms with Gasteiger partial charge in [0.25, 0.3) is 5.91 Å². The van der Waals surface area contributed by atoms with Gasteiger partial charge < -0.3 is 19.5 Å². The van der Waals surface area contributed by atoms with E-state index in [4.69, 9.17) is 14.2 Å². The molecule has 4 rings (SSSR count). The van der Waals surface area contributed by atoms with Crippen LogP contribution in [0.25, 0.3) is 10.8 Å². The van der Waals surface area contributed by atoms with Gasteiger partial charge in [-0.25, -0.2) is 0 Å². The molecule has 0 radical (unpaired) electrons. The average molecular weight is 449 g/mol. The van der Waals surface area contributed by atoms with Crippen LogP contribution in [0.5, 0.6) is 11.5 Å². The van der Waals surface area contributed by atoms with E-state index < -0.39 is 0 Å². The van der Waals surface area contributed by atoms with E-state index in [1.165, 1.54) is 0 Å². The molecule has 1 fully saturated rings. The van der Waals surface area contributed by atoms with Gasteiger partial charge in [-0.15, -0.1) is 0 Å². The second kappa shape index (κ2) is 11.7. The molecule has 0 spiro atoms. The van der Waals surface area contributed by atoms with E-state index in [1.807, 2.05) is 66.7 Å². The van der Waals surface area contributed by atoms with Crippen molar-refractivity contribution in [1.29, 1.82) is 0 Å². The van der Waals surface area contributed by atoms with Crippen molar-refractivity contribution in [2.45, 2.75) is 25.4 Å². The van der Waals surface area contributed by atoms with E-state index in [0.717, 1.165) is 54.7 Å². The molecule has 33 heavy (non-hydrogen) atoms. The molecule has 0 saturated carbocycles. The Hall–Kier alpha value is -3.09. The van der Waals surface area contributed by atoms with Gasteiger partial charge in [0, 0.05) is 32.3 Å². The van der Waals surface area contributed by atoms with Gasteiger partial charge in [0.1, 0.15) is 18.1 Å². The van der Waals surface area contributed by atoms with E-state index in [9.17, 15) is 4.79 Å². The fourth-order valence-electron chi connectivity index (χ4n) is 4.02. The summed E-state index contributed by atoms with van der Waals surface area (Å²) in [5, 5.41) is 5.15. The van der Waals surface area contributed by atoms with Crippen molar-refractivity contribution in [2.75, 3.05) is 40.0 Å². The standard InChI is InChI=1S/C27H32N2O4/c1-29(24-11-14-31-15-12-24)13-16-32-25-8-4-5-21(17-25)19-28-27(30)20-33-26-10-9-22-6-2-3-7-23(22)18-26/h2-10,17-18,24H,11-16,19-20H2,1H3,(H,28,30). The summed E-state index contributed by atoms with van der Waals surface area (Å²) in [4.78, 5) is 14.6. The minimum atomic E-state index is -0.160. The predicted molar refractivity (Wildman–Crippen MR) is 130 cm³/mol. The molecule has 1 aliphatic rings. The molecule has 174 valence electrons. The number of ether oxygens (including phenoxy) is 3. The Morgan fingerprint density at radius 1 is 0.970 bits per heavy atom. The van der Waals surface area contributed by atoms with Crippen LogP contribution in [-0.2, 0) is 16.1 Å². The van der Waals surface area contributed by atoms with Crippen LogP contribution < -0.4 is 14.8 Å². The highest BCUT2D eigenvalue weighted by Gasteiger charge is 2.18. The van der Waals surface area contributed by atoms with Crippen molar-refractivity contribution in [1.82, 2.24) is 10.2 Å². The van der Waals surface area contributed by atoms with Crippen molar-refractivity contribution < 1.29 is 19.0 Å². The van der Waals surface area contributed by atoms with Gasteiger partial charge in [0.05, 0.1) is 0 Å². The first-order valence-corrected chi connectivity index (χ1v) is 11.6. The first-order chi connectivity index (χ1) is 16.2. The van der Waals surface area contributed by atoms with Gasteiger partial charge in [-0.05, 0) is 60.5 Å². The van der Waals surface area contributed by atoms with Crippen molar-refractivity contribution in [2.24, 2.45) is 0 Å². The molecule has 1 heterocycles. The predicted octanol–water partition coefficient (Wildman–Crippen LogP) is 4.02. The first-order valence-electron chi connectivity index (χ1n) is 11.6. The Morgan fingerprint density at radius 2 is 1.76 bits per heavy atom. The summed E-state index contributed by atoms with van der Waals surface area (Å²) < 4.78 is 17.0. The van der Waals surface area contributed by atoms with E-state index in [1.54, 1.807) is 0 Å². The van der Waals surface area contributed by atoms with E-state index >= 15 is 0 Å². The number of carbonyl (C=O) groups excluding carboxylic acids is 1. The molecule has 6 nitrogen and oxygen atoms in total. The summed E-state index contributed by atoms with van der Waals surface area (Å²) in [7, 11) is 2.14. The van der Waals surface area contributed by atoms with E-state index in [2.05, 4.69) is 17.3 Å². The second-order valence-corrected chi connectivity index (χ2v) is 8.39. The summed E-state index contributed by atoms with van der Waals surface area (Å²) in [6.45, 7) is 3.60. The molecule has 1 amide bonds. The van der Waals surface area contributed by atoms with Gasteiger partial charge >= 0.3 is 0 Å². The van der Waals surface area contributed by atoms with Crippen LogP contribution in [0, 0.1) is 0 Å². The highest BCUT2D eigenvalue weighted by Crippen LogP contribution is 2.20. The number of carbonyl (C=O) groups is 1. The number of hydrogen-bond donors (Lipinski definition) is 1. The molecule has 0 unspecified atom stereocenters. The quantitative estimate of drug-likeness (QED) is 0.508. The average Bonchev–Trinajstić information content (AvgIpc) is 2.87. The molecule has 0 atom stereocenters. The maximum Gasteiger partial charge on any atom is 0.258 e.